The van der Waals surface area contributed by atoms with Crippen LogP contribution in [-0.4, -0.2) is 10.8 Å². The van der Waals surface area contributed by atoms with Gasteiger partial charge in [0.1, 0.15) is 0 Å². The number of rotatable bonds is 3. The molecule has 0 saturated carbocycles. The van der Waals surface area contributed by atoms with Crippen LogP contribution in [0.15, 0.2) is 60.7 Å². The molecule has 0 bridgehead atoms. The Labute approximate surface area is 116 Å². The van der Waals surface area contributed by atoms with E-state index in [1.165, 1.54) is 0 Å². The van der Waals surface area contributed by atoms with Crippen molar-refractivity contribution in [3.8, 4) is 0 Å². The van der Waals surface area contributed by atoms with Crippen LogP contribution in [0.1, 0.15) is 0 Å². The molecule has 0 heterocycles. The van der Waals surface area contributed by atoms with E-state index in [9.17, 15) is 9.90 Å². The van der Waals surface area contributed by atoms with E-state index < -0.39 is 10.7 Å². The van der Waals surface area contributed by atoms with Crippen molar-refractivity contribution in [2.75, 3.05) is 0 Å². The first-order valence-corrected chi connectivity index (χ1v) is 9.86. The Morgan fingerprint density at radius 2 is 1.17 bits per heavy atom. The number of benzene rings is 2. The summed E-state index contributed by atoms with van der Waals surface area (Å²) in [6, 6.07) is 17.9. The van der Waals surface area contributed by atoms with Crippen LogP contribution in [0.5, 0.6) is 0 Å². The van der Waals surface area contributed by atoms with E-state index in [1.807, 2.05) is 12.1 Å². The van der Waals surface area contributed by atoms with Crippen molar-refractivity contribution in [1.82, 2.24) is 0 Å². The number of thiol groups is 2. The van der Waals surface area contributed by atoms with Crippen LogP contribution in [0.3, 0.4) is 0 Å². The van der Waals surface area contributed by atoms with Gasteiger partial charge >= 0.3 is 116 Å². The number of carbonyl (C=O) groups is 1. The molecule has 0 aliphatic carbocycles. The summed E-state index contributed by atoms with van der Waals surface area (Å²) in [5.74, 6) is 0. The maximum absolute atomic E-state index is 11.8. The molecule has 0 aliphatic heterocycles. The third-order valence-corrected chi connectivity index (χ3v) is 9.93. The molecule has 2 aromatic rings. The fraction of sp³-hybridized carbons (Fsp3) is 0. The molecular formula is C13H13O2PS2. The van der Waals surface area contributed by atoms with Crippen LogP contribution in [-0.2, 0) is 0 Å². The van der Waals surface area contributed by atoms with Gasteiger partial charge < -0.3 is 0 Å². The predicted octanol–water partition coefficient (Wildman–Crippen LogP) is 3.56. The third kappa shape index (κ3) is 1.95. The van der Waals surface area contributed by atoms with Gasteiger partial charge in [0.25, 0.3) is 0 Å². The van der Waals surface area contributed by atoms with Crippen molar-refractivity contribution in [3.63, 3.8) is 0 Å². The van der Waals surface area contributed by atoms with Crippen molar-refractivity contribution in [1.29, 1.82) is 0 Å². The molecule has 2 nitrogen and oxygen atoms in total. The molecule has 0 fully saturated rings. The first-order chi connectivity index (χ1) is 8.46. The molecule has 5 heteroatoms. The summed E-state index contributed by atoms with van der Waals surface area (Å²) in [7, 11) is 0. The van der Waals surface area contributed by atoms with Crippen molar-refractivity contribution >= 4 is 45.8 Å². The van der Waals surface area contributed by atoms with Gasteiger partial charge in [-0.15, -0.1) is 0 Å². The summed E-state index contributed by atoms with van der Waals surface area (Å²) in [5, 5.41) is 7.21. The second-order valence-corrected chi connectivity index (χ2v) is 13.2. The molecule has 0 amide bonds. The molecule has 1 N–H and O–H groups in total. The summed E-state index contributed by atoms with van der Waals surface area (Å²) in [4.78, 5) is 11.8. The van der Waals surface area contributed by atoms with Crippen molar-refractivity contribution < 1.29 is 9.90 Å². The van der Waals surface area contributed by atoms with Crippen LogP contribution < -0.4 is 10.6 Å². The third-order valence-electron chi connectivity index (χ3n) is 2.85. The van der Waals surface area contributed by atoms with Gasteiger partial charge in [0.05, 0.1) is 0 Å². The van der Waals surface area contributed by atoms with E-state index in [2.05, 4.69) is 24.5 Å². The fourth-order valence-corrected chi connectivity index (χ4v) is 5.60. The Balaban J connectivity index is 2.76. The van der Waals surface area contributed by atoms with Crippen molar-refractivity contribution in [2.24, 2.45) is 0 Å². The Morgan fingerprint density at radius 1 is 0.833 bits per heavy atom. The second kappa shape index (κ2) is 4.61. The minimum atomic E-state index is -3.76. The normalized spacial score (nSPS) is 13.6. The summed E-state index contributed by atoms with van der Waals surface area (Å²) >= 11 is 9.09. The van der Waals surface area contributed by atoms with E-state index >= 15 is 0 Å². The number of carboxylic acid groups (broad SMARTS) is 1. The van der Waals surface area contributed by atoms with Crippen LogP contribution >= 0.6 is 29.5 Å². The second-order valence-electron chi connectivity index (χ2n) is 3.98. The van der Waals surface area contributed by atoms with Gasteiger partial charge in [0.15, 0.2) is 0 Å². The Hall–Kier alpha value is -0.960. The maximum atomic E-state index is 11.8. The molecule has 0 radical (unpaired) electrons. The molecule has 0 spiro atoms. The first kappa shape index (κ1) is 13.5. The zero-order chi connectivity index (χ0) is 13.3. The van der Waals surface area contributed by atoms with Crippen molar-refractivity contribution in [2.45, 2.75) is 0 Å². The average molecular weight is 296 g/mol. The number of hydrogen-bond donors (Lipinski definition) is 3. The average Bonchev–Trinajstić information content (AvgIpc) is 2.41. The minimum absolute atomic E-state index is 0.633. The molecule has 2 rings (SSSR count). The van der Waals surface area contributed by atoms with Gasteiger partial charge in [-0.25, -0.2) is 0 Å². The zero-order valence-electron chi connectivity index (χ0n) is 9.47. The standard InChI is InChI=1S/C13H13O2PS2/c14-13(15)16(17,18,11-7-3-1-4-8-11)12-9-5-2-6-10-12/h1-10,17-18H,(H,14,15). The molecule has 0 aliphatic rings. The van der Waals surface area contributed by atoms with Crippen LogP contribution in [0, 0.1) is 0 Å². The van der Waals surface area contributed by atoms with E-state index in [0.717, 1.165) is 0 Å². The summed E-state index contributed by atoms with van der Waals surface area (Å²) < 4.78 is 0. The van der Waals surface area contributed by atoms with Gasteiger partial charge in [0, 0.05) is 0 Å². The first-order valence-electron chi connectivity index (χ1n) is 5.32. The van der Waals surface area contributed by atoms with Crippen LogP contribution in [0.25, 0.3) is 0 Å². The molecule has 2 aromatic carbocycles. The van der Waals surface area contributed by atoms with Crippen LogP contribution in [0.2, 0.25) is 0 Å². The van der Waals surface area contributed by atoms with Gasteiger partial charge in [-0.2, -0.15) is 0 Å². The molecule has 0 atom stereocenters. The summed E-state index contributed by atoms with van der Waals surface area (Å²) in [5.41, 5.74) is -0.995. The van der Waals surface area contributed by atoms with E-state index in [0.29, 0.717) is 10.6 Å². The van der Waals surface area contributed by atoms with Gasteiger partial charge in [-0.3, -0.25) is 0 Å². The molecule has 94 valence electrons. The molecule has 0 aromatic heterocycles. The van der Waals surface area contributed by atoms with Gasteiger partial charge in [-0.1, -0.05) is 0 Å². The predicted molar refractivity (Wildman–Crippen MR) is 85.1 cm³/mol. The SMILES string of the molecule is O=C(O)P(S)(S)(c1ccccc1)c1ccccc1. The van der Waals surface area contributed by atoms with Crippen LogP contribution in [0.4, 0.5) is 4.79 Å². The van der Waals surface area contributed by atoms with E-state index in [-0.39, 0.29) is 0 Å². The quantitative estimate of drug-likeness (QED) is 0.598. The fourth-order valence-electron chi connectivity index (χ4n) is 1.79. The topological polar surface area (TPSA) is 37.3 Å². The number of hydrogen-bond acceptors (Lipinski definition) is 3. The van der Waals surface area contributed by atoms with E-state index in [4.69, 9.17) is 0 Å². The zero-order valence-corrected chi connectivity index (χ0v) is 12.2. The molecule has 0 unspecified atom stereocenters. The summed E-state index contributed by atoms with van der Waals surface area (Å²) in [6.07, 6.45) is 0. The molecule has 0 saturated heterocycles. The Bertz CT molecular complexity index is 527. The monoisotopic (exact) mass is 296 g/mol. The van der Waals surface area contributed by atoms with E-state index in [1.54, 1.807) is 48.5 Å². The van der Waals surface area contributed by atoms with Crippen molar-refractivity contribution in [3.05, 3.63) is 60.7 Å². The summed E-state index contributed by atoms with van der Waals surface area (Å²) in [6.45, 7) is 0. The van der Waals surface area contributed by atoms with Gasteiger partial charge in [0.2, 0.25) is 0 Å². The van der Waals surface area contributed by atoms with Gasteiger partial charge in [-0.05, 0) is 0 Å². The Kier molecular flexibility index (Phi) is 3.45. The Morgan fingerprint density at radius 3 is 1.44 bits per heavy atom. The molecular weight excluding hydrogens is 283 g/mol. The molecule has 18 heavy (non-hydrogen) atoms.